The van der Waals surface area contributed by atoms with Crippen LogP contribution in [0.2, 0.25) is 10.0 Å². The molecule has 2 aliphatic rings. The van der Waals surface area contributed by atoms with Crippen LogP contribution >= 0.6 is 23.2 Å². The molecule has 0 aliphatic carbocycles. The molecule has 0 bridgehead atoms. The van der Waals surface area contributed by atoms with E-state index in [1.807, 2.05) is 47.4 Å². The number of anilines is 1. The van der Waals surface area contributed by atoms with Crippen molar-refractivity contribution in [2.24, 2.45) is 0 Å². The van der Waals surface area contributed by atoms with Gasteiger partial charge in [-0.1, -0.05) is 65.7 Å². The highest BCUT2D eigenvalue weighted by atomic mass is 35.5. The van der Waals surface area contributed by atoms with Crippen molar-refractivity contribution in [3.05, 3.63) is 99.2 Å². The fraction of sp³-hybridized carbons (Fsp3) is 0.160. The first-order chi connectivity index (χ1) is 15.1. The number of hydrogen-bond donors (Lipinski definition) is 2. The molecular weight excluding hydrogens is 429 g/mol. The smallest absolute Gasteiger partial charge is 0.258 e. The number of rotatable bonds is 2. The third-order valence-corrected chi connectivity index (χ3v) is 7.05. The second kappa shape index (κ2) is 6.86. The Hall–Kier alpha value is -2.79. The number of carbonyl (C=O) groups excluding carboxylic acids is 1. The average molecular weight is 448 g/mol. The number of carbonyl (C=O) groups is 1. The van der Waals surface area contributed by atoms with E-state index in [0.29, 0.717) is 16.6 Å². The van der Waals surface area contributed by atoms with Gasteiger partial charge in [-0.2, -0.15) is 0 Å². The predicted octanol–water partition coefficient (Wildman–Crippen LogP) is 5.41. The molecule has 4 aromatic rings. The molecule has 6 rings (SSSR count). The van der Waals surface area contributed by atoms with Gasteiger partial charge in [0.05, 0.1) is 17.9 Å². The van der Waals surface area contributed by atoms with Gasteiger partial charge in [0.25, 0.3) is 5.91 Å². The van der Waals surface area contributed by atoms with Gasteiger partial charge < -0.3 is 9.88 Å². The number of aromatic amines is 1. The molecule has 1 aromatic heterocycles. The number of H-pyrrole nitrogens is 1. The van der Waals surface area contributed by atoms with Gasteiger partial charge in [0.2, 0.25) is 0 Å². The summed E-state index contributed by atoms with van der Waals surface area (Å²) in [6, 6.07) is 21.7. The Morgan fingerprint density at radius 2 is 1.81 bits per heavy atom. The number of nitrogens with one attached hydrogen (secondary N) is 2. The van der Waals surface area contributed by atoms with Gasteiger partial charge in [-0.15, -0.1) is 0 Å². The van der Waals surface area contributed by atoms with E-state index in [-0.39, 0.29) is 5.91 Å². The Balaban J connectivity index is 1.54. The lowest BCUT2D eigenvalue weighted by atomic mass is 9.82. The number of amides is 1. The zero-order valence-corrected chi connectivity index (χ0v) is 18.1. The first kappa shape index (κ1) is 18.9. The molecule has 6 heteroatoms. The molecule has 0 unspecified atom stereocenters. The summed E-state index contributed by atoms with van der Waals surface area (Å²) in [6.07, 6.45) is 0.875. The molecular formula is C25H19Cl2N3O. The number of fused-ring (bicyclic) bond motifs is 6. The number of halogens is 2. The van der Waals surface area contributed by atoms with Crippen LogP contribution in [-0.2, 0) is 23.3 Å². The van der Waals surface area contributed by atoms with Crippen molar-refractivity contribution >= 4 is 45.7 Å². The Labute approximate surface area is 189 Å². The molecule has 0 saturated carbocycles. The van der Waals surface area contributed by atoms with E-state index < -0.39 is 5.54 Å². The van der Waals surface area contributed by atoms with E-state index in [1.165, 1.54) is 10.9 Å². The van der Waals surface area contributed by atoms with Gasteiger partial charge in [-0.05, 0) is 41.8 Å². The predicted molar refractivity (Wildman–Crippen MR) is 125 cm³/mol. The summed E-state index contributed by atoms with van der Waals surface area (Å²) < 4.78 is 0. The monoisotopic (exact) mass is 447 g/mol. The van der Waals surface area contributed by atoms with Gasteiger partial charge in [0.15, 0.2) is 5.54 Å². The zero-order chi connectivity index (χ0) is 21.2. The quantitative estimate of drug-likeness (QED) is 0.431. The standard InChI is InChI=1S/C25H19Cl2N3O/c26-16-10-9-15(20(27)13-16)14-30-22-8-4-2-6-19(22)25(24(30)31)23-18(11-12-28-25)17-5-1-3-7-21(17)29-23/h1-10,13,28-29H,11-12,14H2/t25-/m1/s1. The Kier molecular flexibility index (Phi) is 4.19. The molecule has 0 radical (unpaired) electrons. The lowest BCUT2D eigenvalue weighted by molar-refractivity contribution is -0.123. The summed E-state index contributed by atoms with van der Waals surface area (Å²) >= 11 is 12.5. The minimum atomic E-state index is -0.928. The SMILES string of the molecule is O=C1N(Cc2ccc(Cl)cc2Cl)c2ccccc2[C@]12NCCc1c2[nH]c2ccccc12. The summed E-state index contributed by atoms with van der Waals surface area (Å²) in [5, 5.41) is 5.90. The van der Waals surface area contributed by atoms with Crippen molar-refractivity contribution < 1.29 is 4.79 Å². The first-order valence-electron chi connectivity index (χ1n) is 10.3. The minimum Gasteiger partial charge on any atom is -0.356 e. The molecule has 2 N–H and O–H groups in total. The van der Waals surface area contributed by atoms with Crippen molar-refractivity contribution in [3.8, 4) is 0 Å². The van der Waals surface area contributed by atoms with Crippen LogP contribution in [0.25, 0.3) is 10.9 Å². The van der Waals surface area contributed by atoms with Gasteiger partial charge in [0.1, 0.15) is 0 Å². The van der Waals surface area contributed by atoms with Gasteiger partial charge in [-0.3, -0.25) is 10.1 Å². The molecule has 4 nitrogen and oxygen atoms in total. The largest absolute Gasteiger partial charge is 0.356 e. The second-order valence-corrected chi connectivity index (χ2v) is 8.94. The van der Waals surface area contributed by atoms with Crippen LogP contribution in [0.3, 0.4) is 0 Å². The zero-order valence-electron chi connectivity index (χ0n) is 16.6. The van der Waals surface area contributed by atoms with E-state index in [4.69, 9.17) is 23.2 Å². The van der Waals surface area contributed by atoms with Gasteiger partial charge in [0, 0.05) is 33.1 Å². The molecule has 3 aromatic carbocycles. The third kappa shape index (κ3) is 2.62. The van der Waals surface area contributed by atoms with Crippen LogP contribution in [0.1, 0.15) is 22.4 Å². The van der Waals surface area contributed by atoms with E-state index in [9.17, 15) is 4.79 Å². The summed E-state index contributed by atoms with van der Waals surface area (Å²) in [6.45, 7) is 1.11. The maximum atomic E-state index is 14.1. The molecule has 1 atom stereocenters. The highest BCUT2D eigenvalue weighted by Gasteiger charge is 2.55. The summed E-state index contributed by atoms with van der Waals surface area (Å²) in [5.74, 6) is 0.00669. The van der Waals surface area contributed by atoms with Crippen LogP contribution in [0, 0.1) is 0 Å². The number of para-hydroxylation sites is 2. The van der Waals surface area contributed by atoms with E-state index >= 15 is 0 Å². The summed E-state index contributed by atoms with van der Waals surface area (Å²) in [7, 11) is 0. The maximum absolute atomic E-state index is 14.1. The lowest BCUT2D eigenvalue weighted by Crippen LogP contribution is -2.54. The normalized spacial score (nSPS) is 19.8. The van der Waals surface area contributed by atoms with Crippen molar-refractivity contribution in [1.82, 2.24) is 10.3 Å². The second-order valence-electron chi connectivity index (χ2n) is 8.10. The molecule has 3 heterocycles. The molecule has 2 aliphatic heterocycles. The fourth-order valence-corrected chi connectivity index (χ4v) is 5.55. The number of benzene rings is 3. The lowest BCUT2D eigenvalue weighted by Gasteiger charge is -2.34. The highest BCUT2D eigenvalue weighted by Crippen LogP contribution is 2.48. The van der Waals surface area contributed by atoms with Gasteiger partial charge in [-0.25, -0.2) is 0 Å². The van der Waals surface area contributed by atoms with Crippen molar-refractivity contribution in [2.45, 2.75) is 18.5 Å². The van der Waals surface area contributed by atoms with Crippen molar-refractivity contribution in [2.75, 3.05) is 11.4 Å². The van der Waals surface area contributed by atoms with Crippen LogP contribution in [0.15, 0.2) is 66.7 Å². The Bertz CT molecular complexity index is 1360. The maximum Gasteiger partial charge on any atom is 0.258 e. The Morgan fingerprint density at radius 3 is 2.68 bits per heavy atom. The minimum absolute atomic E-state index is 0.00669. The van der Waals surface area contributed by atoms with Crippen LogP contribution in [-0.4, -0.2) is 17.4 Å². The van der Waals surface area contributed by atoms with Gasteiger partial charge >= 0.3 is 0 Å². The number of aromatic nitrogens is 1. The summed E-state index contributed by atoms with van der Waals surface area (Å²) in [5.41, 5.74) is 5.02. The molecule has 1 amide bonds. The highest BCUT2D eigenvalue weighted by molar-refractivity contribution is 6.35. The van der Waals surface area contributed by atoms with Crippen LogP contribution in [0.4, 0.5) is 5.69 Å². The van der Waals surface area contributed by atoms with Crippen molar-refractivity contribution in [1.29, 1.82) is 0 Å². The molecule has 31 heavy (non-hydrogen) atoms. The van der Waals surface area contributed by atoms with E-state index in [2.05, 4.69) is 22.4 Å². The van der Waals surface area contributed by atoms with Crippen molar-refractivity contribution in [3.63, 3.8) is 0 Å². The number of nitrogens with zero attached hydrogens (tertiary/aromatic N) is 1. The molecule has 1 spiro atoms. The number of hydrogen-bond acceptors (Lipinski definition) is 2. The topological polar surface area (TPSA) is 48.1 Å². The van der Waals surface area contributed by atoms with Crippen LogP contribution in [0.5, 0.6) is 0 Å². The van der Waals surface area contributed by atoms with E-state index in [1.54, 1.807) is 12.1 Å². The Morgan fingerprint density at radius 1 is 1.00 bits per heavy atom. The molecule has 0 fully saturated rings. The average Bonchev–Trinajstić information content (AvgIpc) is 3.27. The molecule has 0 saturated heterocycles. The summed E-state index contributed by atoms with van der Waals surface area (Å²) in [4.78, 5) is 19.5. The third-order valence-electron chi connectivity index (χ3n) is 6.46. The van der Waals surface area contributed by atoms with Crippen LogP contribution < -0.4 is 10.2 Å². The molecule has 154 valence electrons. The van der Waals surface area contributed by atoms with E-state index in [0.717, 1.165) is 41.0 Å². The first-order valence-corrected chi connectivity index (χ1v) is 11.1. The fourth-order valence-electron chi connectivity index (χ4n) is 5.09.